The molecule has 1 saturated heterocycles. The summed E-state index contributed by atoms with van der Waals surface area (Å²) in [6.07, 6.45) is 0. The summed E-state index contributed by atoms with van der Waals surface area (Å²) < 4.78 is 0. The first-order chi connectivity index (χ1) is 7.46. The van der Waals surface area contributed by atoms with E-state index >= 15 is 0 Å². The van der Waals surface area contributed by atoms with Crippen molar-refractivity contribution in [2.75, 3.05) is 13.1 Å². The van der Waals surface area contributed by atoms with Crippen LogP contribution in [0.5, 0.6) is 0 Å². The second-order valence-electron chi connectivity index (χ2n) is 5.40. The minimum Gasteiger partial charge on any atom is -0.309 e. The number of piperazine rings is 1. The maximum Gasteiger partial charge on any atom is 0.107 e. The number of rotatable bonds is 2. The average Bonchev–Trinajstić information content (AvgIpc) is 2.58. The highest BCUT2D eigenvalue weighted by Gasteiger charge is 2.30. The number of hydrogen-bond donors (Lipinski definition) is 1. The van der Waals surface area contributed by atoms with Crippen molar-refractivity contribution in [2.24, 2.45) is 0 Å². The van der Waals surface area contributed by atoms with Crippen LogP contribution in [-0.2, 0) is 6.54 Å². The summed E-state index contributed by atoms with van der Waals surface area (Å²) in [4.78, 5) is 7.07. The number of aromatic nitrogens is 1. The van der Waals surface area contributed by atoms with Crippen LogP contribution >= 0.6 is 11.3 Å². The first kappa shape index (κ1) is 12.0. The molecule has 1 aromatic heterocycles. The molecule has 0 radical (unpaired) electrons. The van der Waals surface area contributed by atoms with Gasteiger partial charge in [0.2, 0.25) is 0 Å². The topological polar surface area (TPSA) is 28.2 Å². The molecule has 90 valence electrons. The minimum absolute atomic E-state index is 0.221. The molecule has 0 amide bonds. The van der Waals surface area contributed by atoms with Crippen LogP contribution in [0.4, 0.5) is 0 Å². The van der Waals surface area contributed by atoms with Crippen molar-refractivity contribution in [3.05, 3.63) is 16.1 Å². The zero-order chi connectivity index (χ0) is 11.8. The molecule has 3 nitrogen and oxygen atoms in total. The summed E-state index contributed by atoms with van der Waals surface area (Å²) in [7, 11) is 0. The second-order valence-corrected chi connectivity index (χ2v) is 6.34. The van der Waals surface area contributed by atoms with E-state index in [9.17, 15) is 0 Å². The number of aryl methyl sites for hydroxylation is 1. The normalized spacial score (nSPS) is 25.9. The third-order valence-electron chi connectivity index (χ3n) is 3.10. The SMILES string of the molecule is Cc1csc(CN2CC(C)(C)NCC2C)n1. The van der Waals surface area contributed by atoms with Gasteiger partial charge in [-0.1, -0.05) is 0 Å². The third kappa shape index (κ3) is 2.81. The van der Waals surface area contributed by atoms with Crippen molar-refractivity contribution in [3.63, 3.8) is 0 Å². The van der Waals surface area contributed by atoms with Gasteiger partial charge < -0.3 is 5.32 Å². The number of thiazole rings is 1. The van der Waals surface area contributed by atoms with Crippen molar-refractivity contribution >= 4 is 11.3 Å². The van der Waals surface area contributed by atoms with Gasteiger partial charge >= 0.3 is 0 Å². The molecular weight excluding hydrogens is 218 g/mol. The maximum absolute atomic E-state index is 4.54. The van der Waals surface area contributed by atoms with Gasteiger partial charge in [-0.2, -0.15) is 0 Å². The lowest BCUT2D eigenvalue weighted by Gasteiger charge is -2.43. The van der Waals surface area contributed by atoms with Gasteiger partial charge in [0.15, 0.2) is 0 Å². The van der Waals surface area contributed by atoms with E-state index in [1.165, 1.54) is 5.01 Å². The molecule has 1 aromatic rings. The quantitative estimate of drug-likeness (QED) is 0.856. The Hall–Kier alpha value is -0.450. The van der Waals surface area contributed by atoms with Crippen molar-refractivity contribution in [1.29, 1.82) is 0 Å². The summed E-state index contributed by atoms with van der Waals surface area (Å²) in [5.41, 5.74) is 1.36. The number of hydrogen-bond acceptors (Lipinski definition) is 4. The van der Waals surface area contributed by atoms with Crippen LogP contribution in [-0.4, -0.2) is 34.6 Å². The monoisotopic (exact) mass is 239 g/mol. The Morgan fingerprint density at radius 1 is 1.62 bits per heavy atom. The molecule has 1 aliphatic rings. The lowest BCUT2D eigenvalue weighted by Crippen LogP contribution is -2.60. The third-order valence-corrected chi connectivity index (χ3v) is 4.05. The van der Waals surface area contributed by atoms with Crippen LogP contribution in [0.3, 0.4) is 0 Å². The van der Waals surface area contributed by atoms with E-state index in [4.69, 9.17) is 0 Å². The highest BCUT2D eigenvalue weighted by atomic mass is 32.1. The second kappa shape index (κ2) is 4.43. The Morgan fingerprint density at radius 3 is 3.00 bits per heavy atom. The Bertz CT molecular complexity index is 359. The van der Waals surface area contributed by atoms with E-state index in [2.05, 4.69) is 48.3 Å². The molecule has 2 rings (SSSR count). The van der Waals surface area contributed by atoms with Gasteiger partial charge in [-0.3, -0.25) is 4.90 Å². The van der Waals surface area contributed by atoms with Crippen LogP contribution in [0, 0.1) is 6.92 Å². The zero-order valence-electron chi connectivity index (χ0n) is 10.6. The van der Waals surface area contributed by atoms with Gasteiger partial charge in [0, 0.05) is 35.7 Å². The van der Waals surface area contributed by atoms with Crippen molar-refractivity contribution < 1.29 is 0 Å². The Labute approximate surface area is 102 Å². The Kier molecular flexibility index (Phi) is 3.33. The average molecular weight is 239 g/mol. The van der Waals surface area contributed by atoms with Crippen molar-refractivity contribution in [3.8, 4) is 0 Å². The van der Waals surface area contributed by atoms with Crippen LogP contribution < -0.4 is 5.32 Å². The Balaban J connectivity index is 2.02. The minimum atomic E-state index is 0.221. The fourth-order valence-corrected chi connectivity index (χ4v) is 2.93. The summed E-state index contributed by atoms with van der Waals surface area (Å²) in [6, 6.07) is 0.595. The van der Waals surface area contributed by atoms with E-state index in [0.717, 1.165) is 25.3 Å². The molecule has 0 aromatic carbocycles. The standard InChI is InChI=1S/C12H21N3S/c1-9-7-16-11(14-9)6-15-8-12(3,4)13-5-10(15)2/h7,10,13H,5-6,8H2,1-4H3. The van der Waals surface area contributed by atoms with E-state index in [1.54, 1.807) is 11.3 Å². The van der Waals surface area contributed by atoms with E-state index in [0.29, 0.717) is 6.04 Å². The first-order valence-corrected chi connectivity index (χ1v) is 6.74. The highest BCUT2D eigenvalue weighted by molar-refractivity contribution is 7.09. The van der Waals surface area contributed by atoms with Crippen molar-refractivity contribution in [1.82, 2.24) is 15.2 Å². The molecule has 1 unspecified atom stereocenters. The predicted molar refractivity (Wildman–Crippen MR) is 68.8 cm³/mol. The zero-order valence-corrected chi connectivity index (χ0v) is 11.4. The molecule has 1 aliphatic heterocycles. The molecule has 1 N–H and O–H groups in total. The van der Waals surface area contributed by atoms with E-state index < -0.39 is 0 Å². The summed E-state index contributed by atoms with van der Waals surface area (Å²) in [6.45, 7) is 12.0. The molecule has 16 heavy (non-hydrogen) atoms. The molecule has 1 fully saturated rings. The molecular formula is C12H21N3S. The fraction of sp³-hybridized carbons (Fsp3) is 0.750. The van der Waals surface area contributed by atoms with Gasteiger partial charge in [-0.05, 0) is 27.7 Å². The van der Waals surface area contributed by atoms with Crippen LogP contribution in [0.2, 0.25) is 0 Å². The van der Waals surface area contributed by atoms with Gasteiger partial charge in [-0.25, -0.2) is 4.98 Å². The predicted octanol–water partition coefficient (Wildman–Crippen LogP) is 2.02. The van der Waals surface area contributed by atoms with E-state index in [1.807, 2.05) is 0 Å². The maximum atomic E-state index is 4.54. The smallest absolute Gasteiger partial charge is 0.107 e. The lowest BCUT2D eigenvalue weighted by atomic mass is 9.99. The molecule has 2 heterocycles. The molecule has 0 bridgehead atoms. The van der Waals surface area contributed by atoms with Crippen LogP contribution in [0.15, 0.2) is 5.38 Å². The van der Waals surface area contributed by atoms with Crippen LogP contribution in [0.1, 0.15) is 31.5 Å². The van der Waals surface area contributed by atoms with E-state index in [-0.39, 0.29) is 5.54 Å². The molecule has 4 heteroatoms. The largest absolute Gasteiger partial charge is 0.309 e. The van der Waals surface area contributed by atoms with Gasteiger partial charge in [-0.15, -0.1) is 11.3 Å². The van der Waals surface area contributed by atoms with Gasteiger partial charge in [0.05, 0.1) is 6.54 Å². The number of nitrogens with one attached hydrogen (secondary N) is 1. The highest BCUT2D eigenvalue weighted by Crippen LogP contribution is 2.19. The number of nitrogens with zero attached hydrogens (tertiary/aromatic N) is 2. The molecule has 0 saturated carbocycles. The first-order valence-electron chi connectivity index (χ1n) is 5.86. The van der Waals surface area contributed by atoms with Gasteiger partial charge in [0.1, 0.15) is 5.01 Å². The van der Waals surface area contributed by atoms with Crippen LogP contribution in [0.25, 0.3) is 0 Å². The van der Waals surface area contributed by atoms with Crippen molar-refractivity contribution in [2.45, 2.75) is 45.8 Å². The Morgan fingerprint density at radius 2 is 2.38 bits per heavy atom. The van der Waals surface area contributed by atoms with Gasteiger partial charge in [0.25, 0.3) is 0 Å². The molecule has 0 spiro atoms. The summed E-state index contributed by atoms with van der Waals surface area (Å²) >= 11 is 1.77. The lowest BCUT2D eigenvalue weighted by molar-refractivity contribution is 0.0976. The molecule has 0 aliphatic carbocycles. The summed E-state index contributed by atoms with van der Waals surface area (Å²) in [5, 5.41) is 6.94. The molecule has 1 atom stereocenters. The fourth-order valence-electron chi connectivity index (χ4n) is 2.13. The summed E-state index contributed by atoms with van der Waals surface area (Å²) in [5.74, 6) is 0.